The average molecular weight is 265 g/mol. The van der Waals surface area contributed by atoms with Crippen LogP contribution in [0.1, 0.15) is 19.3 Å². The maximum absolute atomic E-state index is 5.71. The summed E-state index contributed by atoms with van der Waals surface area (Å²) in [6, 6.07) is 6.76. The first kappa shape index (κ1) is 12.0. The molecule has 1 saturated heterocycles. The SMILES string of the molecule is c1cc2c(cc1NC1CCCSC1)OCCCO2. The molecule has 2 aliphatic rings. The fourth-order valence-corrected chi connectivity index (χ4v) is 3.42. The molecule has 0 aromatic heterocycles. The van der Waals surface area contributed by atoms with E-state index in [4.69, 9.17) is 9.47 Å². The number of rotatable bonds is 2. The average Bonchev–Trinajstić information content (AvgIpc) is 2.64. The van der Waals surface area contributed by atoms with Gasteiger partial charge in [-0.3, -0.25) is 0 Å². The summed E-state index contributed by atoms with van der Waals surface area (Å²) in [7, 11) is 0. The number of benzene rings is 1. The van der Waals surface area contributed by atoms with Crippen molar-refractivity contribution in [3.8, 4) is 11.5 Å². The number of ether oxygens (including phenoxy) is 2. The van der Waals surface area contributed by atoms with Crippen LogP contribution < -0.4 is 14.8 Å². The van der Waals surface area contributed by atoms with E-state index in [2.05, 4.69) is 17.4 Å². The van der Waals surface area contributed by atoms with Gasteiger partial charge in [-0.1, -0.05) is 0 Å². The summed E-state index contributed by atoms with van der Waals surface area (Å²) in [6.45, 7) is 1.49. The second-order valence-corrected chi connectivity index (χ2v) is 5.92. The lowest BCUT2D eigenvalue weighted by Gasteiger charge is -2.24. The Balaban J connectivity index is 1.70. The molecule has 0 saturated carbocycles. The zero-order chi connectivity index (χ0) is 12.2. The fourth-order valence-electron chi connectivity index (χ4n) is 2.34. The second-order valence-electron chi connectivity index (χ2n) is 4.77. The van der Waals surface area contributed by atoms with E-state index in [0.29, 0.717) is 6.04 Å². The minimum atomic E-state index is 0.591. The lowest BCUT2D eigenvalue weighted by molar-refractivity contribution is 0.297. The summed E-state index contributed by atoms with van der Waals surface area (Å²) >= 11 is 2.04. The molecule has 1 unspecified atom stereocenters. The van der Waals surface area contributed by atoms with E-state index in [9.17, 15) is 0 Å². The lowest BCUT2D eigenvalue weighted by Crippen LogP contribution is -2.25. The molecule has 2 heterocycles. The highest BCUT2D eigenvalue weighted by atomic mass is 32.2. The Bertz CT molecular complexity index is 405. The third kappa shape index (κ3) is 2.86. The molecule has 3 rings (SSSR count). The minimum absolute atomic E-state index is 0.591. The summed E-state index contributed by atoms with van der Waals surface area (Å²) < 4.78 is 11.3. The smallest absolute Gasteiger partial charge is 0.163 e. The van der Waals surface area contributed by atoms with E-state index >= 15 is 0 Å². The van der Waals surface area contributed by atoms with Crippen molar-refractivity contribution in [2.24, 2.45) is 0 Å². The molecule has 1 aromatic rings. The van der Waals surface area contributed by atoms with Crippen molar-refractivity contribution < 1.29 is 9.47 Å². The summed E-state index contributed by atoms with van der Waals surface area (Å²) in [5.41, 5.74) is 1.15. The Labute approximate surface area is 112 Å². The van der Waals surface area contributed by atoms with E-state index in [1.807, 2.05) is 17.8 Å². The van der Waals surface area contributed by atoms with Gasteiger partial charge >= 0.3 is 0 Å². The van der Waals surface area contributed by atoms with Gasteiger partial charge in [0.2, 0.25) is 0 Å². The number of hydrogen-bond acceptors (Lipinski definition) is 4. The largest absolute Gasteiger partial charge is 0.490 e. The summed E-state index contributed by atoms with van der Waals surface area (Å²) in [4.78, 5) is 0. The summed E-state index contributed by atoms with van der Waals surface area (Å²) in [5, 5.41) is 3.59. The van der Waals surface area contributed by atoms with Crippen molar-refractivity contribution in [3.63, 3.8) is 0 Å². The van der Waals surface area contributed by atoms with Crippen molar-refractivity contribution >= 4 is 17.4 Å². The van der Waals surface area contributed by atoms with Crippen LogP contribution in [0, 0.1) is 0 Å². The van der Waals surface area contributed by atoms with Gasteiger partial charge < -0.3 is 14.8 Å². The third-order valence-corrected chi connectivity index (χ3v) is 4.49. The topological polar surface area (TPSA) is 30.5 Å². The van der Waals surface area contributed by atoms with Crippen LogP contribution in [0.5, 0.6) is 11.5 Å². The molecule has 0 aliphatic carbocycles. The van der Waals surface area contributed by atoms with Gasteiger partial charge in [0.15, 0.2) is 11.5 Å². The Morgan fingerprint density at radius 1 is 1.11 bits per heavy atom. The first-order valence-electron chi connectivity index (χ1n) is 6.66. The van der Waals surface area contributed by atoms with Crippen LogP contribution in [0.15, 0.2) is 18.2 Å². The van der Waals surface area contributed by atoms with Crippen LogP contribution in [0.2, 0.25) is 0 Å². The van der Waals surface area contributed by atoms with E-state index in [0.717, 1.165) is 36.8 Å². The van der Waals surface area contributed by atoms with E-state index in [1.54, 1.807) is 0 Å². The van der Waals surface area contributed by atoms with Crippen molar-refractivity contribution in [3.05, 3.63) is 18.2 Å². The fraction of sp³-hybridized carbons (Fsp3) is 0.571. The molecule has 1 aromatic carbocycles. The van der Waals surface area contributed by atoms with Crippen LogP contribution in [-0.2, 0) is 0 Å². The molecular formula is C14H19NO2S. The zero-order valence-corrected chi connectivity index (χ0v) is 11.3. The van der Waals surface area contributed by atoms with Gasteiger partial charge in [-0.25, -0.2) is 0 Å². The van der Waals surface area contributed by atoms with E-state index in [1.165, 1.54) is 24.3 Å². The standard InChI is InChI=1S/C14H19NO2S/c1-3-12(10-18-8-1)15-11-4-5-13-14(9-11)17-7-2-6-16-13/h4-5,9,12,15H,1-3,6-8,10H2. The maximum Gasteiger partial charge on any atom is 0.163 e. The monoisotopic (exact) mass is 265 g/mol. The number of hydrogen-bond donors (Lipinski definition) is 1. The number of nitrogens with one attached hydrogen (secondary N) is 1. The molecule has 0 amide bonds. The van der Waals surface area contributed by atoms with Crippen molar-refractivity contribution in [1.82, 2.24) is 0 Å². The Hall–Kier alpha value is -1.03. The number of anilines is 1. The third-order valence-electron chi connectivity index (χ3n) is 3.28. The number of thioether (sulfide) groups is 1. The second kappa shape index (κ2) is 5.74. The maximum atomic E-state index is 5.71. The van der Waals surface area contributed by atoms with Gasteiger partial charge in [0, 0.05) is 30.0 Å². The molecule has 18 heavy (non-hydrogen) atoms. The van der Waals surface area contributed by atoms with Crippen LogP contribution in [-0.4, -0.2) is 30.8 Å². The van der Waals surface area contributed by atoms with Crippen LogP contribution in [0.25, 0.3) is 0 Å². The molecule has 2 aliphatic heterocycles. The Kier molecular flexibility index (Phi) is 3.84. The van der Waals surface area contributed by atoms with Crippen molar-refractivity contribution in [1.29, 1.82) is 0 Å². The van der Waals surface area contributed by atoms with Crippen molar-refractivity contribution in [2.45, 2.75) is 25.3 Å². The highest BCUT2D eigenvalue weighted by Crippen LogP contribution is 2.33. The summed E-state index contributed by atoms with van der Waals surface area (Å²) in [5.74, 6) is 4.25. The highest BCUT2D eigenvalue weighted by Gasteiger charge is 2.15. The predicted molar refractivity (Wildman–Crippen MR) is 76.0 cm³/mol. The van der Waals surface area contributed by atoms with E-state index < -0.39 is 0 Å². The molecule has 98 valence electrons. The van der Waals surface area contributed by atoms with Crippen LogP contribution >= 0.6 is 11.8 Å². The number of fused-ring (bicyclic) bond motifs is 1. The minimum Gasteiger partial charge on any atom is -0.490 e. The lowest BCUT2D eigenvalue weighted by atomic mass is 10.1. The van der Waals surface area contributed by atoms with Gasteiger partial charge in [0.1, 0.15) is 0 Å². The Morgan fingerprint density at radius 2 is 2.00 bits per heavy atom. The van der Waals surface area contributed by atoms with Crippen LogP contribution in [0.3, 0.4) is 0 Å². The zero-order valence-electron chi connectivity index (χ0n) is 10.5. The molecule has 3 nitrogen and oxygen atoms in total. The molecule has 1 N–H and O–H groups in total. The molecule has 0 spiro atoms. The molecule has 0 bridgehead atoms. The normalized spacial score (nSPS) is 23.2. The van der Waals surface area contributed by atoms with Gasteiger partial charge in [-0.05, 0) is 30.7 Å². The molecule has 1 fully saturated rings. The first-order chi connectivity index (χ1) is 8.92. The van der Waals surface area contributed by atoms with Crippen LogP contribution in [0.4, 0.5) is 5.69 Å². The highest BCUT2D eigenvalue weighted by molar-refractivity contribution is 7.99. The molecular weight excluding hydrogens is 246 g/mol. The van der Waals surface area contributed by atoms with Crippen molar-refractivity contribution in [2.75, 3.05) is 30.0 Å². The Morgan fingerprint density at radius 3 is 2.83 bits per heavy atom. The van der Waals surface area contributed by atoms with Gasteiger partial charge in [0.25, 0.3) is 0 Å². The van der Waals surface area contributed by atoms with Gasteiger partial charge in [-0.15, -0.1) is 0 Å². The van der Waals surface area contributed by atoms with E-state index in [-0.39, 0.29) is 0 Å². The van der Waals surface area contributed by atoms with Gasteiger partial charge in [0.05, 0.1) is 13.2 Å². The molecule has 0 radical (unpaired) electrons. The van der Waals surface area contributed by atoms with Gasteiger partial charge in [-0.2, -0.15) is 11.8 Å². The summed E-state index contributed by atoms with van der Waals surface area (Å²) in [6.07, 6.45) is 3.53. The quantitative estimate of drug-likeness (QED) is 0.890. The molecule has 1 atom stereocenters. The molecule has 4 heteroatoms. The predicted octanol–water partition coefficient (Wildman–Crippen LogP) is 3.16. The first-order valence-corrected chi connectivity index (χ1v) is 7.81.